The van der Waals surface area contributed by atoms with Crippen molar-refractivity contribution in [2.24, 2.45) is 0 Å². The van der Waals surface area contributed by atoms with Crippen molar-refractivity contribution in [2.75, 3.05) is 12.4 Å². The number of rotatable bonds is 5. The molecule has 0 bridgehead atoms. The topological polar surface area (TPSA) is 58.2 Å². The van der Waals surface area contributed by atoms with Crippen LogP contribution in [0.2, 0.25) is 0 Å². The number of nitrogens with one attached hydrogen (secondary N) is 2. The minimum atomic E-state index is -0.372. The fraction of sp³-hybridized carbons (Fsp3) is 0.474. The molecule has 0 spiro atoms. The molecular weight excluding hydrogens is 356 g/mol. The van der Waals surface area contributed by atoms with Crippen LogP contribution in [0, 0.1) is 6.92 Å². The number of hydrogen-bond donors (Lipinski definition) is 2. The van der Waals surface area contributed by atoms with Crippen molar-refractivity contribution in [1.82, 2.24) is 10.6 Å². The van der Waals surface area contributed by atoms with Gasteiger partial charge >= 0.3 is 0 Å². The molecule has 25 heavy (non-hydrogen) atoms. The van der Waals surface area contributed by atoms with Crippen LogP contribution in [-0.4, -0.2) is 29.8 Å². The summed E-state index contributed by atoms with van der Waals surface area (Å²) in [6, 6.07) is 8.17. The van der Waals surface area contributed by atoms with E-state index in [1.807, 2.05) is 13.0 Å². The van der Waals surface area contributed by atoms with E-state index in [9.17, 15) is 9.59 Å². The lowest BCUT2D eigenvalue weighted by Crippen LogP contribution is -2.56. The van der Waals surface area contributed by atoms with Gasteiger partial charge in [-0.25, -0.2) is 0 Å². The lowest BCUT2D eigenvalue weighted by atomic mass is 9.81. The summed E-state index contributed by atoms with van der Waals surface area (Å²) in [6.07, 6.45) is 5.05. The number of hydrogen-bond acceptors (Lipinski definition) is 3. The van der Waals surface area contributed by atoms with Gasteiger partial charge in [-0.3, -0.25) is 9.59 Å². The lowest BCUT2D eigenvalue weighted by molar-refractivity contribution is -0.119. The van der Waals surface area contributed by atoms with Gasteiger partial charge < -0.3 is 10.6 Å². The van der Waals surface area contributed by atoms with Gasteiger partial charge in [0, 0.05) is 11.2 Å². The van der Waals surface area contributed by atoms with Crippen LogP contribution < -0.4 is 10.6 Å². The van der Waals surface area contributed by atoms with Crippen LogP contribution in [0.25, 0.3) is 10.1 Å². The molecule has 4 nitrogen and oxygen atoms in total. The van der Waals surface area contributed by atoms with Crippen LogP contribution in [0.1, 0.15) is 47.3 Å². The molecule has 1 aliphatic rings. The largest absolute Gasteiger partial charge is 0.353 e. The molecule has 134 valence electrons. The summed E-state index contributed by atoms with van der Waals surface area (Å²) in [5, 5.41) is 7.17. The molecule has 6 heteroatoms. The summed E-state index contributed by atoms with van der Waals surface area (Å²) in [4.78, 5) is 25.1. The third kappa shape index (κ3) is 4.33. The van der Waals surface area contributed by atoms with Crippen molar-refractivity contribution in [3.63, 3.8) is 0 Å². The minimum Gasteiger partial charge on any atom is -0.353 e. The average molecular weight is 379 g/mol. The highest BCUT2D eigenvalue weighted by Gasteiger charge is 2.34. The molecule has 0 aliphatic heterocycles. The second-order valence-corrected chi connectivity index (χ2v) is 8.21. The van der Waals surface area contributed by atoms with Crippen molar-refractivity contribution < 1.29 is 9.59 Å². The summed E-state index contributed by atoms with van der Waals surface area (Å²) < 4.78 is 1.11. The Morgan fingerprint density at radius 2 is 1.96 bits per heavy atom. The molecular formula is C19H23ClN2O2S. The Kier molecular flexibility index (Phi) is 5.64. The zero-order valence-electron chi connectivity index (χ0n) is 14.4. The number of thiophene rings is 1. The monoisotopic (exact) mass is 378 g/mol. The van der Waals surface area contributed by atoms with Gasteiger partial charge in [0.2, 0.25) is 5.91 Å². The van der Waals surface area contributed by atoms with Crippen molar-refractivity contribution >= 4 is 44.8 Å². The molecule has 1 heterocycles. The zero-order chi connectivity index (χ0) is 17.9. The maximum atomic E-state index is 12.8. The molecule has 3 rings (SSSR count). The highest BCUT2D eigenvalue weighted by atomic mass is 35.5. The molecule has 1 aliphatic carbocycles. The molecule has 2 amide bonds. The molecule has 0 atom stereocenters. The molecule has 1 aromatic carbocycles. The van der Waals surface area contributed by atoms with Crippen LogP contribution in [0.15, 0.2) is 24.3 Å². The number of alkyl halides is 1. The Balaban J connectivity index is 1.77. The number of fused-ring (bicyclic) bond motifs is 1. The van der Waals surface area contributed by atoms with Crippen molar-refractivity contribution in [3.8, 4) is 0 Å². The van der Waals surface area contributed by atoms with Gasteiger partial charge in [0.1, 0.15) is 5.88 Å². The van der Waals surface area contributed by atoms with Gasteiger partial charge in [-0.1, -0.05) is 37.0 Å². The van der Waals surface area contributed by atoms with Gasteiger partial charge in [0.05, 0.1) is 10.4 Å². The maximum absolute atomic E-state index is 12.8. The number of aryl methyl sites for hydroxylation is 1. The van der Waals surface area contributed by atoms with Crippen molar-refractivity contribution in [3.05, 3.63) is 34.7 Å². The second kappa shape index (κ2) is 7.75. The molecule has 1 fully saturated rings. The maximum Gasteiger partial charge on any atom is 0.261 e. The van der Waals surface area contributed by atoms with E-state index >= 15 is 0 Å². The van der Waals surface area contributed by atoms with Crippen LogP contribution >= 0.6 is 22.9 Å². The zero-order valence-corrected chi connectivity index (χ0v) is 15.9. The van der Waals surface area contributed by atoms with Gasteiger partial charge in [-0.2, -0.15) is 0 Å². The summed E-state index contributed by atoms with van der Waals surface area (Å²) in [5.41, 5.74) is 0.813. The summed E-state index contributed by atoms with van der Waals surface area (Å²) in [5.74, 6) is -0.307. The van der Waals surface area contributed by atoms with E-state index in [1.54, 1.807) is 0 Å². The first kappa shape index (κ1) is 18.2. The first-order valence-electron chi connectivity index (χ1n) is 8.67. The quantitative estimate of drug-likeness (QED) is 0.772. The Morgan fingerprint density at radius 3 is 2.68 bits per heavy atom. The van der Waals surface area contributed by atoms with E-state index in [1.165, 1.54) is 23.3 Å². The van der Waals surface area contributed by atoms with Gasteiger partial charge in [-0.15, -0.1) is 22.9 Å². The molecule has 1 aromatic heterocycles. The summed E-state index contributed by atoms with van der Waals surface area (Å²) in [7, 11) is 0. The summed E-state index contributed by atoms with van der Waals surface area (Å²) >= 11 is 7.09. The van der Waals surface area contributed by atoms with Gasteiger partial charge in [0.25, 0.3) is 5.91 Å². The Morgan fingerprint density at radius 1 is 1.20 bits per heavy atom. The fourth-order valence-corrected chi connectivity index (χ4v) is 4.50. The summed E-state index contributed by atoms with van der Waals surface area (Å²) in [6.45, 7) is 2.49. The van der Waals surface area contributed by atoms with E-state index < -0.39 is 0 Å². The molecule has 0 unspecified atom stereocenters. The van der Waals surface area contributed by atoms with Gasteiger partial charge in [0.15, 0.2) is 0 Å². The highest BCUT2D eigenvalue weighted by Crippen LogP contribution is 2.30. The predicted octanol–water partition coefficient (Wildman–Crippen LogP) is 4.00. The number of carbonyl (C=O) groups is 2. The van der Waals surface area contributed by atoms with Gasteiger partial charge in [-0.05, 0) is 37.3 Å². The van der Waals surface area contributed by atoms with E-state index in [-0.39, 0.29) is 23.2 Å². The first-order valence-corrected chi connectivity index (χ1v) is 10.0. The van der Waals surface area contributed by atoms with Crippen molar-refractivity contribution in [1.29, 1.82) is 0 Å². The van der Waals surface area contributed by atoms with E-state index in [2.05, 4.69) is 28.8 Å². The fourth-order valence-electron chi connectivity index (χ4n) is 3.47. The van der Waals surface area contributed by atoms with Crippen molar-refractivity contribution in [2.45, 2.75) is 44.6 Å². The number of carbonyl (C=O) groups excluding carboxylic acids is 2. The molecule has 1 saturated carbocycles. The first-order chi connectivity index (χ1) is 12.0. The van der Waals surface area contributed by atoms with Crippen LogP contribution in [0.5, 0.6) is 0 Å². The molecule has 2 aromatic rings. The lowest BCUT2D eigenvalue weighted by Gasteiger charge is -2.38. The molecule has 0 radical (unpaired) electrons. The van der Waals surface area contributed by atoms with E-state index in [0.717, 1.165) is 35.8 Å². The molecule has 2 N–H and O–H groups in total. The normalized spacial score (nSPS) is 16.6. The Hall–Kier alpha value is -1.59. The predicted molar refractivity (Wildman–Crippen MR) is 104 cm³/mol. The van der Waals surface area contributed by atoms with Crippen LogP contribution in [-0.2, 0) is 4.79 Å². The number of halogens is 1. The van der Waals surface area contributed by atoms with Crippen LogP contribution in [0.4, 0.5) is 0 Å². The standard InChI is InChI=1S/C19H23ClN2O2S/c1-13-5-6-15-14(9-13)10-16(25-15)18(24)22-19(7-3-2-4-8-19)12-21-17(23)11-20/h5-6,9-10H,2-4,7-8,11-12H2,1H3,(H,21,23)(H,22,24). The Labute approximate surface area is 156 Å². The number of amides is 2. The molecule has 0 saturated heterocycles. The SMILES string of the molecule is Cc1ccc2sc(C(=O)NC3(CNC(=O)CCl)CCCCC3)cc2c1. The third-order valence-electron chi connectivity index (χ3n) is 4.83. The minimum absolute atomic E-state index is 0.0547. The smallest absolute Gasteiger partial charge is 0.261 e. The third-order valence-corrected chi connectivity index (χ3v) is 6.19. The average Bonchev–Trinajstić information content (AvgIpc) is 3.04. The van der Waals surface area contributed by atoms with E-state index in [4.69, 9.17) is 11.6 Å². The van der Waals surface area contributed by atoms with E-state index in [0.29, 0.717) is 11.4 Å². The Bertz CT molecular complexity index is 781. The highest BCUT2D eigenvalue weighted by molar-refractivity contribution is 7.20. The number of benzene rings is 1. The van der Waals surface area contributed by atoms with Crippen LogP contribution in [0.3, 0.4) is 0 Å². The second-order valence-electron chi connectivity index (χ2n) is 6.86.